The third kappa shape index (κ3) is 52.1. The van der Waals surface area contributed by atoms with E-state index in [2.05, 4.69) is 18.7 Å². The van der Waals surface area contributed by atoms with Crippen molar-refractivity contribution in [3.8, 4) is 0 Å². The minimum Gasteiger partial charge on any atom is -0.306 e. The fourth-order valence-corrected chi connectivity index (χ4v) is 20.4. The first-order valence-electron chi connectivity index (χ1n) is 79.2. The number of rotatable bonds is 45. The Morgan fingerprint density at radius 3 is 0.786 bits per heavy atom. The highest BCUT2D eigenvalue weighted by atomic mass is 35.5. The molecule has 9 atom stereocenters. The summed E-state index contributed by atoms with van der Waals surface area (Å²) in [6.45, 7) is -89.6. The molecule has 126 heavy (non-hydrogen) atoms. The highest BCUT2D eigenvalue weighted by Gasteiger charge is 2.41. The van der Waals surface area contributed by atoms with E-state index < -0.39 is 455 Å². The van der Waals surface area contributed by atoms with Crippen LogP contribution in [0.3, 0.4) is 0 Å². The van der Waals surface area contributed by atoms with Crippen molar-refractivity contribution in [2.24, 2.45) is 0 Å². The quantitative estimate of drug-likeness (QED) is 0.0202. The standard InChI is InChI=1S/9C7H15Cl2N2O2P/c9*8-2-5-11(6-3-9)14(12)10-4-1-7-13-14/h9*1-7H2,(H,10,12)/i1D2,2D2,3D2,4D2,5D2,7D2;2*1D2,2D2,3D2,4D2,5D2,6D2;2*2D2,3D2,4D2,5D2,6D2;2*1D2,2D2,3D2,5D2,6D2;2*2D2,3D2,5D2,6D2/hD5. The Labute approximate surface area is 976 Å². The average molecular weight is 2450 g/mol. The Morgan fingerprint density at radius 1 is 0.222 bits per heavy atom. The van der Waals surface area contributed by atoms with Gasteiger partial charge >= 0.3 is 69.0 Å². The summed E-state index contributed by atoms with van der Waals surface area (Å²) in [6, 6.07) is 0. The van der Waals surface area contributed by atoms with E-state index in [9.17, 15) is 41.1 Å². The molecule has 36 nitrogen and oxygen atoms in total. The van der Waals surface area contributed by atoms with E-state index in [0.29, 0.717) is 6.42 Å². The topological polar surface area (TPSA) is 374 Å². The molecule has 9 fully saturated rings. The van der Waals surface area contributed by atoms with E-state index in [1.165, 1.54) is 5.09 Å². The van der Waals surface area contributed by atoms with Gasteiger partial charge in [0.05, 0.1) is 62.2 Å². The van der Waals surface area contributed by atoms with Gasteiger partial charge in [-0.2, -0.15) is 0 Å². The zero-order valence-electron chi connectivity index (χ0n) is 158. The molecule has 0 radical (unpaired) electrons. The molecular formula is C63H135Cl18N18O18P9. The summed E-state index contributed by atoms with van der Waals surface area (Å²) in [5, 5.41) is 6.02. The molecule has 9 heterocycles. The molecule has 9 aliphatic heterocycles. The molecule has 756 valence electrons. The lowest BCUT2D eigenvalue weighted by molar-refractivity contribution is 0.232. The second kappa shape index (κ2) is 78.6. The summed E-state index contributed by atoms with van der Waals surface area (Å²) in [5.74, 6) is -60.4. The van der Waals surface area contributed by atoms with E-state index in [1.807, 2.05) is 5.09 Å². The minimum absolute atomic E-state index is 0.0799. The summed E-state index contributed by atoms with van der Waals surface area (Å²) in [6.07, 6.45) is -13.6. The maximum absolute atomic E-state index is 13.3. The number of hydrogen-bond acceptors (Lipinski definition) is 18. The first-order chi connectivity index (χ1) is 95.5. The SMILES string of the molecule is [2H]C([2H])(Cl)C([2H])([2H])N(C([2H])([2H])C([2H])([2H])Cl)P1(=O)NC([2H])([2H])C([2H])([2H])CO1.[2H]C([2H])(Cl)C([2H])([2H])N(C([2H])([2H])C([2H])([2H])Cl)P1(=O)NCCCO1.[2H]C1([2H])CCOP(=O)(N(C([2H])([2H])C([2H])([2H])Cl)C([2H])([2H])C([2H])([2H])Cl)N1.[2H]C1([2H])CNP(=O)(N(C([2H])([2H])C([2H])([2H])Cl)C([2H])([2H])C([2H])([2H])Cl)OC1.[2H]N1C([2H])([2H])C([2H])([2H])C([2H])([2H])OP1(=O)N(CC([2H])([2H])Cl)C([2H])([2H])C([2H])([2H])Cl.[2H]N1C([2H])([2H])C([2H])([2H])COP1(=O)N(C([2H])([2H])C([2H])([2H])Cl)C([2H])([2H])C([2H])([2H])Cl.[2H]N1C([2H])([2H])CCOP1(=O)N(C([2H])([2H])C([2H])([2H])Cl)C([2H])([2H])C([2H])([2H])Cl.[2H]N1CC([2H])([2H])COP1(=O)N(C([2H])([2H])C([2H])([2H])Cl)C([2H])([2H])C([2H])([2H])Cl.[2H]N1CCCOP1(=O)N(C([2H])([2H])C([2H])([2H])Cl)C([2H])([2H])C([2H])([2H])Cl. The van der Waals surface area contributed by atoms with Gasteiger partial charge in [0.25, 0.3) is 0 Å². The van der Waals surface area contributed by atoms with Gasteiger partial charge in [-0.15, -0.1) is 209 Å². The molecule has 9 unspecified atom stereocenters. The molecule has 9 rings (SSSR count). The lowest BCUT2D eigenvalue weighted by atomic mass is 10.5. The van der Waals surface area contributed by atoms with E-state index in [0.717, 1.165) is 0 Å². The first-order valence-corrected chi connectivity index (χ1v) is 51.7. The molecule has 63 heteroatoms. The molecule has 0 spiro atoms. The van der Waals surface area contributed by atoms with E-state index in [4.69, 9.17) is 369 Å². The van der Waals surface area contributed by atoms with Gasteiger partial charge in [0.1, 0.15) is 7.06 Å². The normalized spacial score (nSPS) is 48.8. The molecule has 9 aliphatic rings. The van der Waals surface area contributed by atoms with Crippen molar-refractivity contribution < 1.29 is 215 Å². The zero-order chi connectivity index (χ0) is 181. The number of nitrogens with zero attached hydrogens (tertiary/aromatic N) is 9. The maximum Gasteiger partial charge on any atom is 0.343 e. The molecule has 0 aliphatic carbocycles. The van der Waals surface area contributed by atoms with Crippen molar-refractivity contribution in [1.82, 2.24) is 87.8 Å². The Bertz CT molecular complexity index is 7580. The summed E-state index contributed by atoms with van der Waals surface area (Å²) in [4.78, 5) is 0. The fourth-order valence-electron chi connectivity index (χ4n) is 6.54. The average Bonchev–Trinajstić information content (AvgIpc) is 0.692. The second-order valence-electron chi connectivity index (χ2n) is 18.6. The van der Waals surface area contributed by atoms with Crippen molar-refractivity contribution in [2.75, 3.05) is 340 Å². The molecule has 9 N–H and O–H groups in total. The number of halogens is 18. The second-order valence-corrected chi connectivity index (χ2v) is 39.4. The molecule has 0 aromatic heterocycles. The van der Waals surface area contributed by atoms with Crippen LogP contribution in [0.2, 0.25) is 7.06 Å². The lowest BCUT2D eigenvalue weighted by Crippen LogP contribution is -2.35. The van der Waals surface area contributed by atoms with Gasteiger partial charge in [-0.1, -0.05) is 0 Å². The largest absolute Gasteiger partial charge is 0.343 e. The van der Waals surface area contributed by atoms with Gasteiger partial charge in [0.2, 0.25) is 0 Å². The van der Waals surface area contributed by atoms with Gasteiger partial charge in [-0.3, -0.25) is 41.1 Å². The van der Waals surface area contributed by atoms with Gasteiger partial charge in [0.15, 0.2) is 0 Å². The summed E-state index contributed by atoms with van der Waals surface area (Å²) < 4.78 is 890. The van der Waals surface area contributed by atoms with E-state index in [-0.39, 0.29) is 73.1 Å². The Kier molecular flexibility index (Phi) is 27.0. The van der Waals surface area contributed by atoms with E-state index in [1.54, 1.807) is 5.09 Å². The molecule has 0 aromatic rings. The van der Waals surface area contributed by atoms with Crippen LogP contribution >= 0.6 is 278 Å². The van der Waals surface area contributed by atoms with Crippen molar-refractivity contribution >= 4 is 278 Å². The van der Waals surface area contributed by atoms with Crippen molar-refractivity contribution in [2.45, 2.75) is 57.5 Å². The summed E-state index contributed by atoms with van der Waals surface area (Å²) >= 11 is 95.7. The molecule has 0 bridgehead atoms. The lowest BCUT2D eigenvalue weighted by Gasteiger charge is -2.33. The third-order valence-corrected chi connectivity index (χ3v) is 27.9. The van der Waals surface area contributed by atoms with Crippen molar-refractivity contribution in [3.05, 3.63) is 0 Å². The predicted octanol–water partition coefficient (Wildman–Crippen LogP) is 17.0. The highest BCUT2D eigenvalue weighted by molar-refractivity contribution is 7.57. The van der Waals surface area contributed by atoms with Gasteiger partial charge < -0.3 is 40.7 Å². The number of hydrogen-bond donors (Lipinski definition) is 9. The van der Waals surface area contributed by atoms with Crippen LogP contribution in [-0.2, 0) is 81.8 Å². The van der Waals surface area contributed by atoms with E-state index >= 15 is 0 Å². The Balaban J connectivity index is 0.00000126. The maximum atomic E-state index is 13.3. The van der Waals surface area contributed by atoms with Crippen LogP contribution in [0.1, 0.15) is 184 Å². The summed E-state index contributed by atoms with van der Waals surface area (Å²) in [7, 11) is -46.1. The molecule has 0 saturated carbocycles. The Morgan fingerprint density at radius 2 is 0.460 bits per heavy atom. The van der Waals surface area contributed by atoms with Crippen LogP contribution in [0.25, 0.3) is 0 Å². The fraction of sp³-hybridized carbons (Fsp3) is 1.00. The van der Waals surface area contributed by atoms with Crippen LogP contribution in [0.15, 0.2) is 0 Å². The molecule has 0 aromatic carbocycles. The molecular weight excluding hydrogens is 2210 g/mol. The number of nitrogens with one attached hydrogen (secondary N) is 9. The van der Waals surface area contributed by atoms with Crippen molar-refractivity contribution in [1.29, 1.82) is 0 Å². The third-order valence-electron chi connectivity index (χ3n) is 11.3. The highest BCUT2D eigenvalue weighted by Crippen LogP contribution is 2.55. The smallest absolute Gasteiger partial charge is 0.306 e. The first kappa shape index (κ1) is 43.3. The zero-order valence-corrected chi connectivity index (χ0v) is 83.1. The monoisotopic (exact) mass is 2440 g/mol. The van der Waals surface area contributed by atoms with Crippen LogP contribution in [-0.4, -0.2) is 382 Å². The van der Waals surface area contributed by atoms with Gasteiger partial charge in [0, 0.05) is 404 Å². The molecule has 0 amide bonds. The van der Waals surface area contributed by atoms with Crippen LogP contribution in [0, 0.1) is 0 Å². The van der Waals surface area contributed by atoms with Gasteiger partial charge in [-0.25, -0.2) is 87.8 Å². The molecule has 9 saturated heterocycles. The summed E-state index contributed by atoms with van der Waals surface area (Å²) in [5.41, 5.74) is 0. The van der Waals surface area contributed by atoms with Crippen LogP contribution in [0.5, 0.6) is 0 Å². The minimum atomic E-state index is -5.63. The van der Waals surface area contributed by atoms with Crippen LogP contribution < -0.4 is 45.8 Å². The Hall–Kier alpha value is 6.21. The van der Waals surface area contributed by atoms with Gasteiger partial charge in [-0.05, 0) is 57.5 Å². The van der Waals surface area contributed by atoms with Crippen molar-refractivity contribution in [3.63, 3.8) is 0 Å². The van der Waals surface area contributed by atoms with Crippen LogP contribution in [0.4, 0.5) is 0 Å². The number of alkyl halides is 18. The predicted molar refractivity (Wildman–Crippen MR) is 533 cm³/mol.